The van der Waals surface area contributed by atoms with Gasteiger partial charge in [-0.05, 0) is 13.8 Å². The maximum Gasteiger partial charge on any atom is 0.443 e. The highest BCUT2D eigenvalue weighted by molar-refractivity contribution is 7.49. The molecule has 54 valence electrons. The number of nitrogens with zero attached hydrogens (tertiary/aromatic N) is 1. The Balaban J connectivity index is 3.79. The molecule has 0 heterocycles. The maximum atomic E-state index is 10.0. The first-order chi connectivity index (χ1) is 3.92. The van der Waals surface area contributed by atoms with Gasteiger partial charge in [-0.3, -0.25) is 0 Å². The molecule has 0 radical (unpaired) electrons. The van der Waals surface area contributed by atoms with Crippen LogP contribution >= 0.6 is 7.75 Å². The third-order valence-corrected chi connectivity index (χ3v) is 0.764. The van der Waals surface area contributed by atoms with Crippen molar-refractivity contribution >= 4 is 13.5 Å². The molecular formula is C3H9N2O3P. The lowest BCUT2D eigenvalue weighted by molar-refractivity contribution is 0.359. The highest BCUT2D eigenvalue weighted by atomic mass is 31.2. The van der Waals surface area contributed by atoms with E-state index in [1.807, 2.05) is 0 Å². The summed E-state index contributed by atoms with van der Waals surface area (Å²) in [5, 5.41) is 4.98. The molecule has 0 amide bonds. The molecule has 6 heteroatoms. The minimum absolute atomic E-state index is 0.568. The van der Waals surface area contributed by atoms with E-state index in [4.69, 9.17) is 9.79 Å². The maximum absolute atomic E-state index is 10.0. The molecule has 3 N–H and O–H groups in total. The van der Waals surface area contributed by atoms with Gasteiger partial charge in [0.05, 0.1) is 0 Å². The lowest BCUT2D eigenvalue weighted by atomic mass is 10.5. The molecular weight excluding hydrogens is 143 g/mol. The van der Waals surface area contributed by atoms with Gasteiger partial charge in [0, 0.05) is 5.71 Å². The highest BCUT2D eigenvalue weighted by Crippen LogP contribution is 2.27. The summed E-state index contributed by atoms with van der Waals surface area (Å²) in [5.74, 6) is 0. The molecule has 5 nitrogen and oxygen atoms in total. The summed E-state index contributed by atoms with van der Waals surface area (Å²) in [6.07, 6.45) is 0. The van der Waals surface area contributed by atoms with Crippen molar-refractivity contribution in [2.75, 3.05) is 0 Å². The summed E-state index contributed by atoms with van der Waals surface area (Å²) < 4.78 is 10.0. The van der Waals surface area contributed by atoms with Gasteiger partial charge in [0.1, 0.15) is 0 Å². The Labute approximate surface area is 53.0 Å². The Morgan fingerprint density at radius 2 is 2.00 bits per heavy atom. The van der Waals surface area contributed by atoms with E-state index in [0.717, 1.165) is 0 Å². The van der Waals surface area contributed by atoms with Crippen LogP contribution in [0.4, 0.5) is 0 Å². The number of hydrazone groups is 1. The molecule has 0 spiro atoms. The standard InChI is InChI=1S/C3H9N2O3P/c1-3(2)4-5-9(6,7)8/h1-2H3,(H3,5,6,7,8). The zero-order valence-electron chi connectivity index (χ0n) is 5.20. The number of hydrogen-bond donors (Lipinski definition) is 3. The van der Waals surface area contributed by atoms with Crippen molar-refractivity contribution in [3.8, 4) is 0 Å². The van der Waals surface area contributed by atoms with Gasteiger partial charge in [0.2, 0.25) is 0 Å². The van der Waals surface area contributed by atoms with Crippen molar-refractivity contribution in [3.63, 3.8) is 0 Å². The van der Waals surface area contributed by atoms with Gasteiger partial charge in [-0.15, -0.1) is 0 Å². The minimum atomic E-state index is -4.16. The van der Waals surface area contributed by atoms with E-state index in [2.05, 4.69) is 5.10 Å². The van der Waals surface area contributed by atoms with E-state index in [-0.39, 0.29) is 0 Å². The third kappa shape index (κ3) is 7.62. The zero-order valence-corrected chi connectivity index (χ0v) is 6.09. The molecule has 0 unspecified atom stereocenters. The second-order valence-corrected chi connectivity index (χ2v) is 2.99. The second kappa shape index (κ2) is 2.96. The molecule has 9 heavy (non-hydrogen) atoms. The minimum Gasteiger partial charge on any atom is -0.307 e. The van der Waals surface area contributed by atoms with Gasteiger partial charge in [-0.25, -0.2) is 9.76 Å². The van der Waals surface area contributed by atoms with Crippen LogP contribution in [0.3, 0.4) is 0 Å². The molecule has 0 fully saturated rings. The van der Waals surface area contributed by atoms with Gasteiger partial charge in [-0.2, -0.15) is 5.10 Å². The Hall–Kier alpha value is -0.380. The SMILES string of the molecule is CC(C)=NNP(=O)(O)O. The third-order valence-electron chi connectivity index (χ3n) is 0.404. The van der Waals surface area contributed by atoms with Crippen LogP contribution in [-0.2, 0) is 4.57 Å². The van der Waals surface area contributed by atoms with Gasteiger partial charge < -0.3 is 9.79 Å². The lowest BCUT2D eigenvalue weighted by Gasteiger charge is -2.00. The van der Waals surface area contributed by atoms with E-state index < -0.39 is 7.75 Å². The van der Waals surface area contributed by atoms with Crippen molar-refractivity contribution in [2.24, 2.45) is 5.10 Å². The first-order valence-corrected chi connectivity index (χ1v) is 3.87. The summed E-state index contributed by atoms with van der Waals surface area (Å²) in [6, 6.07) is 0. The monoisotopic (exact) mass is 152 g/mol. The molecule has 0 aliphatic carbocycles. The van der Waals surface area contributed by atoms with Crippen LogP contribution < -0.4 is 5.20 Å². The first kappa shape index (κ1) is 8.62. The van der Waals surface area contributed by atoms with Crippen molar-refractivity contribution < 1.29 is 14.4 Å². The van der Waals surface area contributed by atoms with Gasteiger partial charge in [0.15, 0.2) is 0 Å². The molecule has 0 bridgehead atoms. The van der Waals surface area contributed by atoms with Crippen LogP contribution in [0.1, 0.15) is 13.8 Å². The van der Waals surface area contributed by atoms with Crippen LogP contribution in [0.2, 0.25) is 0 Å². The number of nitrogens with one attached hydrogen (secondary N) is 1. The second-order valence-electron chi connectivity index (χ2n) is 1.70. The van der Waals surface area contributed by atoms with Crippen LogP contribution in [0, 0.1) is 0 Å². The van der Waals surface area contributed by atoms with Crippen LogP contribution in [0.25, 0.3) is 0 Å². The van der Waals surface area contributed by atoms with Crippen LogP contribution in [0.5, 0.6) is 0 Å². The lowest BCUT2D eigenvalue weighted by Crippen LogP contribution is -2.02. The fourth-order valence-electron chi connectivity index (χ4n) is 0.165. The Bertz CT molecular complexity index is 156. The molecule has 0 rings (SSSR count). The van der Waals surface area contributed by atoms with Gasteiger partial charge >= 0.3 is 7.75 Å². The van der Waals surface area contributed by atoms with E-state index in [9.17, 15) is 4.57 Å². The molecule has 0 aromatic heterocycles. The number of rotatable bonds is 2. The quantitative estimate of drug-likeness (QED) is 0.297. The predicted molar refractivity (Wildman–Crippen MR) is 34.0 cm³/mol. The molecule has 0 aromatic rings. The largest absolute Gasteiger partial charge is 0.443 e. The first-order valence-electron chi connectivity index (χ1n) is 2.25. The normalized spacial score (nSPS) is 10.7. The number of hydrogen-bond acceptors (Lipinski definition) is 2. The summed E-state index contributed by atoms with van der Waals surface area (Å²) in [6.45, 7) is 3.26. The van der Waals surface area contributed by atoms with E-state index >= 15 is 0 Å². The van der Waals surface area contributed by atoms with Crippen molar-refractivity contribution in [1.82, 2.24) is 5.20 Å². The van der Waals surface area contributed by atoms with E-state index in [0.29, 0.717) is 5.71 Å². The average molecular weight is 152 g/mol. The molecule has 0 aromatic carbocycles. The fourth-order valence-corrected chi connectivity index (χ4v) is 0.495. The Morgan fingerprint density at radius 1 is 1.56 bits per heavy atom. The van der Waals surface area contributed by atoms with E-state index in [1.54, 1.807) is 19.0 Å². The fraction of sp³-hybridized carbons (Fsp3) is 0.667. The summed E-state index contributed by atoms with van der Waals surface area (Å²) in [4.78, 5) is 16.3. The summed E-state index contributed by atoms with van der Waals surface area (Å²) in [5.41, 5.74) is 0.568. The molecule has 0 saturated heterocycles. The van der Waals surface area contributed by atoms with Gasteiger partial charge in [-0.1, -0.05) is 0 Å². The van der Waals surface area contributed by atoms with Crippen molar-refractivity contribution in [3.05, 3.63) is 0 Å². The zero-order chi connectivity index (χ0) is 7.49. The topological polar surface area (TPSA) is 81.9 Å². The van der Waals surface area contributed by atoms with Crippen molar-refractivity contribution in [2.45, 2.75) is 13.8 Å². The Kier molecular flexibility index (Phi) is 2.84. The average Bonchev–Trinajstić information content (AvgIpc) is 1.59. The molecule has 0 atom stereocenters. The van der Waals surface area contributed by atoms with Crippen LogP contribution in [-0.4, -0.2) is 15.5 Å². The predicted octanol–water partition coefficient (Wildman–Crippen LogP) is 0.0645. The van der Waals surface area contributed by atoms with E-state index in [1.165, 1.54) is 0 Å². The Morgan fingerprint density at radius 3 is 2.11 bits per heavy atom. The molecule has 0 aliphatic rings. The molecule has 0 saturated carbocycles. The van der Waals surface area contributed by atoms with Crippen LogP contribution in [0.15, 0.2) is 5.10 Å². The summed E-state index contributed by atoms with van der Waals surface area (Å²) in [7, 11) is -4.16. The van der Waals surface area contributed by atoms with Gasteiger partial charge in [0.25, 0.3) is 0 Å². The molecule has 0 aliphatic heterocycles. The highest BCUT2D eigenvalue weighted by Gasteiger charge is 2.08. The van der Waals surface area contributed by atoms with Crippen molar-refractivity contribution in [1.29, 1.82) is 0 Å². The summed E-state index contributed by atoms with van der Waals surface area (Å²) >= 11 is 0. The smallest absolute Gasteiger partial charge is 0.307 e.